The summed E-state index contributed by atoms with van der Waals surface area (Å²) in [4.78, 5) is 4.97. The molecule has 2 saturated heterocycles. The molecule has 2 heterocycles. The van der Waals surface area contributed by atoms with Crippen molar-refractivity contribution in [2.45, 2.75) is 39.1 Å². The molecule has 5 nitrogen and oxygen atoms in total. The predicted molar refractivity (Wildman–Crippen MR) is 172 cm³/mol. The van der Waals surface area contributed by atoms with Crippen LogP contribution in [0.3, 0.4) is 0 Å². The number of hydrogen-bond donors (Lipinski definition) is 2. The Balaban J connectivity index is 0.993. The van der Waals surface area contributed by atoms with Gasteiger partial charge in [0.05, 0.1) is 13.2 Å². The second-order valence-corrected chi connectivity index (χ2v) is 11.5. The van der Waals surface area contributed by atoms with Gasteiger partial charge in [-0.2, -0.15) is 0 Å². The number of hydrogen-bond acceptors (Lipinski definition) is 5. The Labute approximate surface area is 245 Å². The van der Waals surface area contributed by atoms with Crippen LogP contribution in [0.1, 0.15) is 25.0 Å². The summed E-state index contributed by atoms with van der Waals surface area (Å²) in [5, 5.41) is 6.93. The summed E-state index contributed by atoms with van der Waals surface area (Å²) in [6, 6.07) is 36.5. The number of rotatable bonds is 8. The van der Waals surface area contributed by atoms with E-state index >= 15 is 0 Å². The second-order valence-electron chi connectivity index (χ2n) is 11.5. The minimum Gasteiger partial charge on any atom is -0.372 e. The van der Waals surface area contributed by atoms with Crippen molar-refractivity contribution in [1.82, 2.24) is 10.6 Å². The molecule has 0 amide bonds. The smallest absolute Gasteiger partial charge is 0.0721 e. The molecule has 2 atom stereocenters. The van der Waals surface area contributed by atoms with E-state index in [-0.39, 0.29) is 0 Å². The molecule has 0 aliphatic carbocycles. The summed E-state index contributed by atoms with van der Waals surface area (Å²) >= 11 is 0. The average molecular weight is 547 g/mol. The van der Waals surface area contributed by atoms with E-state index < -0.39 is 0 Å². The molecule has 6 rings (SSSR count). The van der Waals surface area contributed by atoms with E-state index in [1.807, 2.05) is 0 Å². The van der Waals surface area contributed by atoms with E-state index in [1.54, 1.807) is 0 Å². The molecule has 41 heavy (non-hydrogen) atoms. The van der Waals surface area contributed by atoms with Crippen LogP contribution in [-0.4, -0.2) is 51.4 Å². The Bertz CT molecular complexity index is 1270. The topological polar surface area (TPSA) is 39.8 Å². The largest absolute Gasteiger partial charge is 0.372 e. The van der Waals surface area contributed by atoms with E-state index in [9.17, 15) is 0 Å². The number of ether oxygens (including phenoxy) is 1. The lowest BCUT2D eigenvalue weighted by Gasteiger charge is -2.36. The van der Waals surface area contributed by atoms with Crippen LogP contribution >= 0.6 is 0 Å². The zero-order valence-corrected chi connectivity index (χ0v) is 24.4. The monoisotopic (exact) mass is 546 g/mol. The maximum atomic E-state index is 6.06. The molecule has 5 heteroatoms. The quantitative estimate of drug-likeness (QED) is 0.270. The molecule has 4 aromatic carbocycles. The number of nitrogens with one attached hydrogen (secondary N) is 2. The van der Waals surface area contributed by atoms with E-state index in [1.165, 1.54) is 44.8 Å². The summed E-state index contributed by atoms with van der Waals surface area (Å²) in [6.45, 7) is 12.1. The third-order valence-corrected chi connectivity index (χ3v) is 8.51. The van der Waals surface area contributed by atoms with E-state index in [0.717, 1.165) is 39.3 Å². The Morgan fingerprint density at radius 2 is 0.878 bits per heavy atom. The Hall–Kier alpha value is -3.64. The number of anilines is 2. The van der Waals surface area contributed by atoms with Gasteiger partial charge in [-0.25, -0.2) is 0 Å². The van der Waals surface area contributed by atoms with Gasteiger partial charge in [-0.05, 0) is 71.5 Å². The molecule has 4 aromatic rings. The maximum absolute atomic E-state index is 6.06. The lowest BCUT2D eigenvalue weighted by molar-refractivity contribution is 0.107. The summed E-state index contributed by atoms with van der Waals surface area (Å²) < 4.78 is 6.06. The van der Waals surface area contributed by atoms with Gasteiger partial charge in [0.25, 0.3) is 0 Å². The lowest BCUT2D eigenvalue weighted by Crippen LogP contribution is -2.49. The fourth-order valence-electron chi connectivity index (χ4n) is 6.01. The highest BCUT2D eigenvalue weighted by Crippen LogP contribution is 2.27. The summed E-state index contributed by atoms with van der Waals surface area (Å²) in [7, 11) is 0. The number of piperazine rings is 2. The Morgan fingerprint density at radius 1 is 0.537 bits per heavy atom. The molecule has 2 fully saturated rings. The van der Waals surface area contributed by atoms with Crippen LogP contribution in [0, 0.1) is 0 Å². The molecule has 2 aliphatic rings. The van der Waals surface area contributed by atoms with E-state index in [2.05, 4.69) is 131 Å². The lowest BCUT2D eigenvalue weighted by atomic mass is 10.0. The first-order chi connectivity index (χ1) is 20.1. The highest BCUT2D eigenvalue weighted by atomic mass is 16.5. The van der Waals surface area contributed by atoms with Gasteiger partial charge >= 0.3 is 0 Å². The van der Waals surface area contributed by atoms with Crippen molar-refractivity contribution in [3.8, 4) is 22.3 Å². The first kappa shape index (κ1) is 27.5. The molecule has 0 saturated carbocycles. The third kappa shape index (κ3) is 6.65. The highest BCUT2D eigenvalue weighted by molar-refractivity contribution is 5.68. The maximum Gasteiger partial charge on any atom is 0.0721 e. The van der Waals surface area contributed by atoms with Crippen LogP contribution < -0.4 is 20.4 Å². The fraction of sp³-hybridized carbons (Fsp3) is 0.333. The molecular weight excluding hydrogens is 504 g/mol. The van der Waals surface area contributed by atoms with Crippen LogP contribution in [0.4, 0.5) is 11.4 Å². The van der Waals surface area contributed by atoms with Gasteiger partial charge < -0.3 is 25.2 Å². The molecule has 2 aliphatic heterocycles. The van der Waals surface area contributed by atoms with Crippen LogP contribution in [-0.2, 0) is 18.0 Å². The van der Waals surface area contributed by atoms with Gasteiger partial charge in [0.15, 0.2) is 0 Å². The predicted octanol–water partition coefficient (Wildman–Crippen LogP) is 6.33. The minimum absolute atomic E-state index is 0.524. The van der Waals surface area contributed by atoms with Crippen molar-refractivity contribution >= 4 is 11.4 Å². The molecule has 212 valence electrons. The highest BCUT2D eigenvalue weighted by Gasteiger charge is 2.19. The summed E-state index contributed by atoms with van der Waals surface area (Å²) in [6.07, 6.45) is 0. The van der Waals surface area contributed by atoms with Crippen LogP contribution in [0.25, 0.3) is 22.3 Å². The third-order valence-electron chi connectivity index (χ3n) is 8.51. The minimum atomic E-state index is 0.524. The molecule has 2 unspecified atom stereocenters. The van der Waals surface area contributed by atoms with Gasteiger partial charge in [0, 0.05) is 62.7 Å². The standard InChI is InChI=1S/C36H42N4O/c1-27-23-37-19-21-39(27)35-15-11-33(12-16-35)31-7-3-29(4-8-31)25-41-26-30-5-9-32(10-6-30)34-13-17-36(18-14-34)40-22-20-38-24-28(40)2/h3-18,27-28,37-38H,19-26H2,1-2H3. The number of benzene rings is 4. The van der Waals surface area contributed by atoms with Crippen molar-refractivity contribution < 1.29 is 4.74 Å². The van der Waals surface area contributed by atoms with Gasteiger partial charge in [0.1, 0.15) is 0 Å². The van der Waals surface area contributed by atoms with E-state index in [4.69, 9.17) is 4.74 Å². The van der Waals surface area contributed by atoms with Gasteiger partial charge in [-0.1, -0.05) is 72.8 Å². The van der Waals surface area contributed by atoms with Crippen molar-refractivity contribution in [3.05, 3.63) is 108 Å². The average Bonchev–Trinajstić information content (AvgIpc) is 3.03. The molecule has 0 radical (unpaired) electrons. The van der Waals surface area contributed by atoms with Gasteiger partial charge in [-0.15, -0.1) is 0 Å². The molecule has 0 bridgehead atoms. The van der Waals surface area contributed by atoms with Gasteiger partial charge in [0.2, 0.25) is 0 Å². The normalized spacial score (nSPS) is 19.4. The zero-order valence-electron chi connectivity index (χ0n) is 24.4. The van der Waals surface area contributed by atoms with Crippen LogP contribution in [0.2, 0.25) is 0 Å². The van der Waals surface area contributed by atoms with E-state index in [0.29, 0.717) is 25.3 Å². The second kappa shape index (κ2) is 12.9. The molecule has 0 aromatic heterocycles. The molecule has 2 N–H and O–H groups in total. The van der Waals surface area contributed by atoms with Crippen molar-refractivity contribution in [2.75, 3.05) is 49.1 Å². The Kier molecular flexibility index (Phi) is 8.66. The molecule has 0 spiro atoms. The Morgan fingerprint density at radius 3 is 1.22 bits per heavy atom. The summed E-state index contributed by atoms with van der Waals surface area (Å²) in [5.74, 6) is 0. The number of nitrogens with zero attached hydrogens (tertiary/aromatic N) is 2. The SMILES string of the molecule is CC1CNCCN1c1ccc(-c2ccc(COCc3ccc(-c4ccc(N5CCNCC5C)cc4)cc3)cc2)cc1. The van der Waals surface area contributed by atoms with Gasteiger partial charge in [-0.3, -0.25) is 0 Å². The van der Waals surface area contributed by atoms with Crippen LogP contribution in [0.5, 0.6) is 0 Å². The van der Waals surface area contributed by atoms with Crippen LogP contribution in [0.15, 0.2) is 97.1 Å². The zero-order chi connectivity index (χ0) is 28.0. The first-order valence-electron chi connectivity index (χ1n) is 15.1. The van der Waals surface area contributed by atoms with Crippen molar-refractivity contribution in [2.24, 2.45) is 0 Å². The summed E-state index contributed by atoms with van der Waals surface area (Å²) in [5.41, 5.74) is 9.96. The molecular formula is C36H42N4O. The van der Waals surface area contributed by atoms with Crippen molar-refractivity contribution in [3.63, 3.8) is 0 Å². The van der Waals surface area contributed by atoms with Crippen molar-refractivity contribution in [1.29, 1.82) is 0 Å². The first-order valence-corrected chi connectivity index (χ1v) is 15.1. The fourth-order valence-corrected chi connectivity index (χ4v) is 6.01.